The van der Waals surface area contributed by atoms with E-state index in [9.17, 15) is 19.2 Å². The van der Waals surface area contributed by atoms with E-state index in [1.165, 1.54) is 12.2 Å². The van der Waals surface area contributed by atoms with Gasteiger partial charge in [-0.3, -0.25) is 19.2 Å². The molecule has 35 heavy (non-hydrogen) atoms. The summed E-state index contributed by atoms with van der Waals surface area (Å²) in [6.07, 6.45) is 5.14. The molecule has 1 aliphatic rings. The third kappa shape index (κ3) is 11.1. The number of amides is 3. The van der Waals surface area contributed by atoms with Gasteiger partial charge < -0.3 is 16.0 Å². The number of hydrogen-bond acceptors (Lipinski definition) is 6. The minimum absolute atomic E-state index is 0.158. The number of rotatable bonds is 15. The lowest BCUT2D eigenvalue weighted by molar-refractivity contribution is -0.140. The summed E-state index contributed by atoms with van der Waals surface area (Å²) in [6, 6.07) is 7.48. The van der Waals surface area contributed by atoms with Crippen molar-refractivity contribution in [3.8, 4) is 0 Å². The maximum atomic E-state index is 13.2. The van der Waals surface area contributed by atoms with Gasteiger partial charge in [0, 0.05) is 30.4 Å². The molecule has 0 spiro atoms. The summed E-state index contributed by atoms with van der Waals surface area (Å²) < 4.78 is 0. The third-order valence-electron chi connectivity index (χ3n) is 5.74. The van der Waals surface area contributed by atoms with Gasteiger partial charge in [0.2, 0.25) is 17.6 Å². The van der Waals surface area contributed by atoms with Crippen LogP contribution in [0, 0.1) is 5.92 Å². The molecule has 0 bridgehead atoms. The van der Waals surface area contributed by atoms with Crippen molar-refractivity contribution in [1.29, 1.82) is 0 Å². The summed E-state index contributed by atoms with van der Waals surface area (Å²) in [5.74, 6) is -0.650. The number of unbranched alkanes of at least 4 members (excludes halogenated alkanes) is 1. The monoisotopic (exact) mass is 521 g/mol. The Morgan fingerprint density at radius 3 is 2.40 bits per heavy atom. The molecule has 2 rings (SSSR count). The maximum Gasteiger partial charge on any atom is 0.289 e. The van der Waals surface area contributed by atoms with Crippen molar-refractivity contribution in [3.05, 3.63) is 35.9 Å². The number of hydrogen-bond donors (Lipinski definition) is 3. The molecule has 1 saturated heterocycles. The number of benzene rings is 1. The largest absolute Gasteiger partial charge is 0.350 e. The first-order valence-electron chi connectivity index (χ1n) is 12.5. The standard InChI is InChI=1S/C26H39N3O4S2/c1-4-27-26(33)24(31)21(17-19-10-6-5-7-11-19)29-25(32)22(16-18(2)3)28-23(30)13-9-8-12-20-14-15-34-35-20/h5-7,10-11,18,20-22H,4,8-9,12-17H2,1-3H3,(H,27,33)(H,28,30)(H,29,32)/t20?,21-,22-/m0/s1. The highest BCUT2D eigenvalue weighted by Crippen LogP contribution is 2.39. The van der Waals surface area contributed by atoms with Crippen LogP contribution in [-0.2, 0) is 25.6 Å². The number of ketones is 1. The fourth-order valence-corrected chi connectivity index (χ4v) is 6.96. The van der Waals surface area contributed by atoms with Crippen molar-refractivity contribution in [1.82, 2.24) is 16.0 Å². The smallest absolute Gasteiger partial charge is 0.289 e. The van der Waals surface area contributed by atoms with Crippen LogP contribution in [0.4, 0.5) is 0 Å². The van der Waals surface area contributed by atoms with Crippen LogP contribution in [0.3, 0.4) is 0 Å². The second-order valence-electron chi connectivity index (χ2n) is 9.30. The van der Waals surface area contributed by atoms with Crippen LogP contribution >= 0.6 is 21.6 Å². The van der Waals surface area contributed by atoms with Crippen molar-refractivity contribution < 1.29 is 19.2 Å². The first-order chi connectivity index (χ1) is 16.8. The topological polar surface area (TPSA) is 104 Å². The van der Waals surface area contributed by atoms with Crippen LogP contribution in [0.25, 0.3) is 0 Å². The Bertz CT molecular complexity index is 829. The zero-order chi connectivity index (χ0) is 25.6. The predicted molar refractivity (Wildman–Crippen MR) is 144 cm³/mol. The van der Waals surface area contributed by atoms with E-state index in [0.717, 1.165) is 24.8 Å². The number of Topliss-reactive ketones (excluding diaryl/α,β-unsaturated/α-hetero) is 1. The number of nitrogens with one attached hydrogen (secondary N) is 3. The number of carbonyl (C=O) groups excluding carboxylic acids is 4. The quantitative estimate of drug-likeness (QED) is 0.185. The summed E-state index contributed by atoms with van der Waals surface area (Å²) in [4.78, 5) is 50.8. The van der Waals surface area contributed by atoms with E-state index in [1.54, 1.807) is 6.92 Å². The molecule has 3 amide bonds. The Morgan fingerprint density at radius 1 is 1.03 bits per heavy atom. The van der Waals surface area contributed by atoms with E-state index in [4.69, 9.17) is 0 Å². The van der Waals surface area contributed by atoms with Gasteiger partial charge in [0.15, 0.2) is 0 Å². The van der Waals surface area contributed by atoms with E-state index < -0.39 is 29.7 Å². The Hall–Kier alpha value is -2.00. The number of carbonyl (C=O) groups is 4. The molecule has 0 aliphatic carbocycles. The van der Waals surface area contributed by atoms with Gasteiger partial charge in [0.25, 0.3) is 5.91 Å². The van der Waals surface area contributed by atoms with Crippen molar-refractivity contribution in [2.75, 3.05) is 12.3 Å². The van der Waals surface area contributed by atoms with Gasteiger partial charge in [-0.25, -0.2) is 0 Å². The van der Waals surface area contributed by atoms with Gasteiger partial charge in [-0.05, 0) is 44.1 Å². The van der Waals surface area contributed by atoms with Crippen LogP contribution in [0.2, 0.25) is 0 Å². The molecular formula is C26H39N3O4S2. The van der Waals surface area contributed by atoms with E-state index in [-0.39, 0.29) is 18.2 Å². The van der Waals surface area contributed by atoms with Crippen molar-refractivity contribution in [2.45, 2.75) is 83.1 Å². The summed E-state index contributed by atoms with van der Waals surface area (Å²) in [6.45, 7) is 6.01. The van der Waals surface area contributed by atoms with Gasteiger partial charge in [0.05, 0.1) is 0 Å². The minimum atomic E-state index is -1.01. The predicted octanol–water partition coefficient (Wildman–Crippen LogP) is 3.66. The first-order valence-corrected chi connectivity index (χ1v) is 14.9. The molecule has 0 aromatic heterocycles. The van der Waals surface area contributed by atoms with Crippen LogP contribution in [-0.4, -0.2) is 53.1 Å². The zero-order valence-corrected chi connectivity index (χ0v) is 22.6. The molecule has 3 atom stereocenters. The van der Waals surface area contributed by atoms with Gasteiger partial charge >= 0.3 is 0 Å². The van der Waals surface area contributed by atoms with Crippen LogP contribution in [0.15, 0.2) is 30.3 Å². The molecule has 9 heteroatoms. The lowest BCUT2D eigenvalue weighted by Crippen LogP contribution is -2.54. The highest BCUT2D eigenvalue weighted by atomic mass is 33.1. The Morgan fingerprint density at radius 2 is 1.77 bits per heavy atom. The molecule has 1 aromatic rings. The maximum absolute atomic E-state index is 13.2. The highest BCUT2D eigenvalue weighted by molar-refractivity contribution is 8.77. The van der Waals surface area contributed by atoms with Crippen LogP contribution in [0.1, 0.15) is 64.9 Å². The van der Waals surface area contributed by atoms with E-state index in [1.807, 2.05) is 65.8 Å². The molecule has 0 saturated carbocycles. The van der Waals surface area contributed by atoms with Gasteiger partial charge in [-0.15, -0.1) is 0 Å². The van der Waals surface area contributed by atoms with Crippen molar-refractivity contribution in [2.24, 2.45) is 5.92 Å². The molecule has 3 N–H and O–H groups in total. The summed E-state index contributed by atoms with van der Waals surface area (Å²) in [5, 5.41) is 8.82. The van der Waals surface area contributed by atoms with Crippen LogP contribution < -0.4 is 16.0 Å². The fraction of sp³-hybridized carbons (Fsp3) is 0.615. The third-order valence-corrected chi connectivity index (χ3v) is 8.75. The second-order valence-corrected chi connectivity index (χ2v) is 12.1. The summed E-state index contributed by atoms with van der Waals surface area (Å²) >= 11 is 0. The van der Waals surface area contributed by atoms with Gasteiger partial charge in [-0.1, -0.05) is 72.2 Å². The lowest BCUT2D eigenvalue weighted by Gasteiger charge is -2.24. The van der Waals surface area contributed by atoms with E-state index in [0.29, 0.717) is 24.6 Å². The normalized spacial score (nSPS) is 17.0. The summed E-state index contributed by atoms with van der Waals surface area (Å²) in [7, 11) is 3.86. The number of likely N-dealkylation sites (N-methyl/N-ethyl adjacent to an activating group) is 1. The summed E-state index contributed by atoms with van der Waals surface area (Å²) in [5.41, 5.74) is 0.832. The molecule has 1 unspecified atom stereocenters. The Balaban J connectivity index is 1.98. The van der Waals surface area contributed by atoms with Gasteiger partial charge in [-0.2, -0.15) is 0 Å². The molecule has 1 aliphatic heterocycles. The molecular weight excluding hydrogens is 482 g/mol. The van der Waals surface area contributed by atoms with Crippen LogP contribution in [0.5, 0.6) is 0 Å². The van der Waals surface area contributed by atoms with Gasteiger partial charge in [0.1, 0.15) is 12.1 Å². The van der Waals surface area contributed by atoms with E-state index in [2.05, 4.69) is 16.0 Å². The Kier molecular flexibility index (Phi) is 13.3. The lowest BCUT2D eigenvalue weighted by atomic mass is 9.99. The zero-order valence-electron chi connectivity index (χ0n) is 21.0. The molecule has 1 fully saturated rings. The molecule has 194 valence electrons. The first kappa shape index (κ1) is 29.2. The van der Waals surface area contributed by atoms with E-state index >= 15 is 0 Å². The average molecular weight is 522 g/mol. The minimum Gasteiger partial charge on any atom is -0.350 e. The highest BCUT2D eigenvalue weighted by Gasteiger charge is 2.30. The molecule has 0 radical (unpaired) electrons. The Labute approximate surface area is 217 Å². The molecule has 1 aromatic carbocycles. The molecule has 1 heterocycles. The SMILES string of the molecule is CCNC(=O)C(=O)[C@H](Cc1ccccc1)NC(=O)[C@H](CC(C)C)NC(=O)CCCCC1CCSS1. The van der Waals surface area contributed by atoms with Crippen molar-refractivity contribution in [3.63, 3.8) is 0 Å². The molecule has 7 nitrogen and oxygen atoms in total. The fourth-order valence-electron chi connectivity index (χ4n) is 3.93. The second kappa shape index (κ2) is 15.9. The van der Waals surface area contributed by atoms with Crippen molar-refractivity contribution >= 4 is 45.1 Å². The average Bonchev–Trinajstić information content (AvgIpc) is 3.34.